The van der Waals surface area contributed by atoms with Crippen molar-refractivity contribution in [1.82, 2.24) is 10.3 Å². The Labute approximate surface area is 118 Å². The monoisotopic (exact) mass is 276 g/mol. The van der Waals surface area contributed by atoms with Gasteiger partial charge in [0.25, 0.3) is 0 Å². The summed E-state index contributed by atoms with van der Waals surface area (Å²) in [4.78, 5) is 5.64. The molecule has 0 aromatic carbocycles. The van der Waals surface area contributed by atoms with Crippen molar-refractivity contribution in [3.8, 4) is 5.88 Å². The van der Waals surface area contributed by atoms with Crippen LogP contribution < -0.4 is 10.1 Å². The molecule has 2 rings (SSSR count). The van der Waals surface area contributed by atoms with Crippen molar-refractivity contribution in [2.75, 3.05) is 13.7 Å². The molecule has 3 nitrogen and oxygen atoms in total. The van der Waals surface area contributed by atoms with Gasteiger partial charge in [-0.05, 0) is 43.0 Å². The lowest BCUT2D eigenvalue weighted by atomic mass is 10.0. The van der Waals surface area contributed by atoms with Crippen LogP contribution in [0.1, 0.15) is 35.4 Å². The highest BCUT2D eigenvalue weighted by Crippen LogP contribution is 2.32. The summed E-state index contributed by atoms with van der Waals surface area (Å²) in [5.41, 5.74) is 2.41. The van der Waals surface area contributed by atoms with E-state index in [4.69, 9.17) is 4.74 Å². The summed E-state index contributed by atoms with van der Waals surface area (Å²) in [7, 11) is 1.67. The van der Waals surface area contributed by atoms with Gasteiger partial charge in [-0.1, -0.05) is 13.0 Å². The molecule has 2 aromatic heterocycles. The number of rotatable bonds is 6. The Morgan fingerprint density at radius 3 is 2.84 bits per heavy atom. The zero-order valence-corrected chi connectivity index (χ0v) is 12.5. The third-order valence-corrected chi connectivity index (χ3v) is 3.97. The molecule has 1 unspecified atom stereocenters. The first-order valence-corrected chi connectivity index (χ1v) is 7.42. The number of hydrogen-bond acceptors (Lipinski definition) is 4. The average molecular weight is 276 g/mol. The number of pyridine rings is 1. The molecular weight excluding hydrogens is 256 g/mol. The molecule has 1 atom stereocenters. The molecule has 2 heterocycles. The first kappa shape index (κ1) is 14.0. The number of thiophene rings is 1. The molecule has 19 heavy (non-hydrogen) atoms. The van der Waals surface area contributed by atoms with Gasteiger partial charge in [-0.25, -0.2) is 4.98 Å². The maximum absolute atomic E-state index is 5.40. The van der Waals surface area contributed by atoms with Gasteiger partial charge < -0.3 is 10.1 Å². The van der Waals surface area contributed by atoms with Crippen LogP contribution in [0.4, 0.5) is 0 Å². The van der Waals surface area contributed by atoms with Gasteiger partial charge in [0.05, 0.1) is 13.2 Å². The minimum atomic E-state index is 0.148. The standard InChI is InChI=1S/C15H20N2OS/c1-4-8-16-14(12-7-10-19-11(12)2)13-6-5-9-17-15(13)18-3/h5-7,9-10,14,16H,4,8H2,1-3H3. The quantitative estimate of drug-likeness (QED) is 0.876. The van der Waals surface area contributed by atoms with Crippen molar-refractivity contribution in [1.29, 1.82) is 0 Å². The maximum Gasteiger partial charge on any atom is 0.218 e. The molecule has 2 aromatic rings. The molecule has 0 saturated heterocycles. The average Bonchev–Trinajstić information content (AvgIpc) is 2.86. The van der Waals surface area contributed by atoms with Gasteiger partial charge in [0.1, 0.15) is 0 Å². The van der Waals surface area contributed by atoms with Crippen molar-refractivity contribution < 1.29 is 4.74 Å². The summed E-state index contributed by atoms with van der Waals surface area (Å²) >= 11 is 1.77. The third-order valence-electron chi connectivity index (χ3n) is 3.11. The molecule has 0 aliphatic carbocycles. The van der Waals surface area contributed by atoms with Gasteiger partial charge in [-0.15, -0.1) is 11.3 Å². The Morgan fingerprint density at radius 2 is 2.21 bits per heavy atom. The van der Waals surface area contributed by atoms with Crippen molar-refractivity contribution in [2.45, 2.75) is 26.3 Å². The van der Waals surface area contributed by atoms with Gasteiger partial charge in [0.15, 0.2) is 0 Å². The summed E-state index contributed by atoms with van der Waals surface area (Å²) in [5, 5.41) is 5.72. The van der Waals surface area contributed by atoms with Crippen LogP contribution in [0, 0.1) is 6.92 Å². The summed E-state index contributed by atoms with van der Waals surface area (Å²) in [6, 6.07) is 6.37. The van der Waals surface area contributed by atoms with Gasteiger partial charge in [0, 0.05) is 16.6 Å². The zero-order chi connectivity index (χ0) is 13.7. The van der Waals surface area contributed by atoms with Crippen LogP contribution >= 0.6 is 11.3 Å². The van der Waals surface area contributed by atoms with Gasteiger partial charge in [-0.3, -0.25) is 0 Å². The first-order valence-electron chi connectivity index (χ1n) is 6.54. The number of hydrogen-bond donors (Lipinski definition) is 1. The molecule has 0 saturated carbocycles. The Morgan fingerprint density at radius 1 is 1.37 bits per heavy atom. The predicted octanol–water partition coefficient (Wildman–Crippen LogP) is 3.55. The third kappa shape index (κ3) is 3.14. The fourth-order valence-corrected chi connectivity index (χ4v) is 2.90. The Hall–Kier alpha value is -1.39. The number of nitrogens with zero attached hydrogens (tertiary/aromatic N) is 1. The van der Waals surface area contributed by atoms with Crippen LogP contribution in [0.25, 0.3) is 0 Å². The Bertz CT molecular complexity index is 524. The second-order valence-electron chi connectivity index (χ2n) is 4.42. The second-order valence-corrected chi connectivity index (χ2v) is 5.54. The highest BCUT2D eigenvalue weighted by molar-refractivity contribution is 7.10. The molecule has 0 aliphatic heterocycles. The molecule has 102 valence electrons. The number of nitrogens with one attached hydrogen (secondary N) is 1. The van der Waals surface area contributed by atoms with E-state index in [9.17, 15) is 0 Å². The number of aryl methyl sites for hydroxylation is 1. The lowest BCUT2D eigenvalue weighted by molar-refractivity contribution is 0.387. The summed E-state index contributed by atoms with van der Waals surface area (Å²) in [5.74, 6) is 0.696. The number of ether oxygens (including phenoxy) is 1. The zero-order valence-electron chi connectivity index (χ0n) is 11.6. The largest absolute Gasteiger partial charge is 0.481 e. The molecule has 0 radical (unpaired) electrons. The number of aromatic nitrogens is 1. The van der Waals surface area contributed by atoms with Crippen molar-refractivity contribution in [2.24, 2.45) is 0 Å². The smallest absolute Gasteiger partial charge is 0.218 e. The molecule has 4 heteroatoms. The summed E-state index contributed by atoms with van der Waals surface area (Å²) in [6.45, 7) is 5.30. The fraction of sp³-hybridized carbons (Fsp3) is 0.400. The van der Waals surface area contributed by atoms with Crippen LogP contribution in [-0.4, -0.2) is 18.6 Å². The van der Waals surface area contributed by atoms with E-state index in [0.29, 0.717) is 5.88 Å². The van der Waals surface area contributed by atoms with Crippen LogP contribution in [0.3, 0.4) is 0 Å². The highest BCUT2D eigenvalue weighted by atomic mass is 32.1. The van der Waals surface area contributed by atoms with Gasteiger partial charge >= 0.3 is 0 Å². The number of methoxy groups -OCH3 is 1. The van der Waals surface area contributed by atoms with E-state index in [1.807, 2.05) is 6.07 Å². The van der Waals surface area contributed by atoms with Gasteiger partial charge in [0.2, 0.25) is 5.88 Å². The molecule has 0 amide bonds. The molecule has 0 spiro atoms. The molecular formula is C15H20N2OS. The van der Waals surface area contributed by atoms with Crippen molar-refractivity contribution in [3.05, 3.63) is 45.8 Å². The minimum Gasteiger partial charge on any atom is -0.481 e. The summed E-state index contributed by atoms with van der Waals surface area (Å²) < 4.78 is 5.40. The fourth-order valence-electron chi connectivity index (χ4n) is 2.16. The predicted molar refractivity (Wildman–Crippen MR) is 80.0 cm³/mol. The van der Waals surface area contributed by atoms with E-state index in [1.165, 1.54) is 10.4 Å². The maximum atomic E-state index is 5.40. The van der Waals surface area contributed by atoms with E-state index in [2.05, 4.69) is 41.7 Å². The second kappa shape index (κ2) is 6.68. The summed E-state index contributed by atoms with van der Waals surface area (Å²) in [6.07, 6.45) is 2.86. The topological polar surface area (TPSA) is 34.2 Å². The lowest BCUT2D eigenvalue weighted by Gasteiger charge is -2.20. The molecule has 1 N–H and O–H groups in total. The van der Waals surface area contributed by atoms with E-state index in [0.717, 1.165) is 18.5 Å². The van der Waals surface area contributed by atoms with Crippen LogP contribution in [-0.2, 0) is 0 Å². The Balaban J connectivity index is 2.40. The molecule has 0 bridgehead atoms. The Kier molecular flexibility index (Phi) is 4.93. The SMILES string of the molecule is CCCNC(c1cccnc1OC)c1ccsc1C. The first-order chi connectivity index (χ1) is 9.27. The van der Waals surface area contributed by atoms with E-state index in [-0.39, 0.29) is 6.04 Å². The van der Waals surface area contributed by atoms with Crippen LogP contribution in [0.15, 0.2) is 29.8 Å². The van der Waals surface area contributed by atoms with E-state index < -0.39 is 0 Å². The normalized spacial score (nSPS) is 12.4. The lowest BCUT2D eigenvalue weighted by Crippen LogP contribution is -2.24. The van der Waals surface area contributed by atoms with Crippen molar-refractivity contribution in [3.63, 3.8) is 0 Å². The van der Waals surface area contributed by atoms with E-state index >= 15 is 0 Å². The molecule has 0 fully saturated rings. The minimum absolute atomic E-state index is 0.148. The highest BCUT2D eigenvalue weighted by Gasteiger charge is 2.20. The van der Waals surface area contributed by atoms with Gasteiger partial charge in [-0.2, -0.15) is 0 Å². The van der Waals surface area contributed by atoms with Crippen molar-refractivity contribution >= 4 is 11.3 Å². The van der Waals surface area contributed by atoms with Crippen LogP contribution in [0.5, 0.6) is 5.88 Å². The van der Waals surface area contributed by atoms with E-state index in [1.54, 1.807) is 24.6 Å². The van der Waals surface area contributed by atoms with Crippen LogP contribution in [0.2, 0.25) is 0 Å². The molecule has 0 aliphatic rings.